The molecular weight excluding hydrogens is 394 g/mol. The lowest BCUT2D eigenvalue weighted by Gasteiger charge is -2.28. The minimum absolute atomic E-state index is 0.0215. The fourth-order valence-electron chi connectivity index (χ4n) is 2.53. The quantitative estimate of drug-likeness (QED) is 0.392. The van der Waals surface area contributed by atoms with Crippen molar-refractivity contribution in [1.82, 2.24) is 14.6 Å². The summed E-state index contributed by atoms with van der Waals surface area (Å²) in [7, 11) is 1.57. The first-order chi connectivity index (χ1) is 13.3. The minimum Gasteiger partial charge on any atom is -0.334 e. The number of hydrogen-bond acceptors (Lipinski definition) is 7. The summed E-state index contributed by atoms with van der Waals surface area (Å²) in [6.07, 6.45) is 0. The number of amides is 1. The topological polar surface area (TPSA) is 105 Å². The first kappa shape index (κ1) is 19.9. The van der Waals surface area contributed by atoms with E-state index in [4.69, 9.17) is 11.1 Å². The molecular formula is C19H19N5O2S2. The van der Waals surface area contributed by atoms with E-state index in [0.717, 1.165) is 27.6 Å². The van der Waals surface area contributed by atoms with Crippen LogP contribution in [-0.4, -0.2) is 38.8 Å². The van der Waals surface area contributed by atoms with Crippen molar-refractivity contribution in [2.75, 3.05) is 18.6 Å². The maximum atomic E-state index is 12.8. The number of carbonyl (C=O) groups excluding carboxylic acids is 1. The minimum atomic E-state index is -0.921. The summed E-state index contributed by atoms with van der Waals surface area (Å²) in [4.78, 5) is 31.6. The molecule has 28 heavy (non-hydrogen) atoms. The lowest BCUT2D eigenvalue weighted by molar-refractivity contribution is -0.130. The van der Waals surface area contributed by atoms with E-state index in [0.29, 0.717) is 10.2 Å². The second kappa shape index (κ2) is 7.66. The zero-order valence-electron chi connectivity index (χ0n) is 15.7. The molecule has 2 N–H and O–H groups in total. The number of nitrogen functional groups attached to an aromatic ring is 1. The highest BCUT2D eigenvalue weighted by atomic mass is 32.2. The molecule has 1 amide bonds. The second-order valence-electron chi connectivity index (χ2n) is 6.68. The van der Waals surface area contributed by atoms with Crippen LogP contribution in [0.5, 0.6) is 0 Å². The maximum Gasteiger partial charge on any atom is 0.282 e. The van der Waals surface area contributed by atoms with Gasteiger partial charge in [0.05, 0.1) is 17.2 Å². The Balaban J connectivity index is 1.91. The van der Waals surface area contributed by atoms with Gasteiger partial charge in [-0.25, -0.2) is 9.66 Å². The highest BCUT2D eigenvalue weighted by Gasteiger charge is 2.27. The summed E-state index contributed by atoms with van der Waals surface area (Å²) >= 11 is 2.44. The van der Waals surface area contributed by atoms with Crippen LogP contribution in [0.25, 0.3) is 21.3 Å². The van der Waals surface area contributed by atoms with Gasteiger partial charge in [-0.2, -0.15) is 5.26 Å². The number of nitrogens with two attached hydrogens (primary N) is 1. The van der Waals surface area contributed by atoms with Crippen LogP contribution in [0.2, 0.25) is 0 Å². The average Bonchev–Trinajstić information content (AvgIpc) is 3.13. The third-order valence-electron chi connectivity index (χ3n) is 4.50. The molecule has 3 aromatic rings. The standard InChI is InChI=1S/C19H19N5O2S2/c1-19(2,11-20)23(3)14(25)10-28-18-22-16-15(17(26)24(18)21)13(9-27-16)12-7-5-4-6-8-12/h4-9H,10,21H2,1-3H3. The Morgan fingerprint density at radius 2 is 2.07 bits per heavy atom. The Hall–Kier alpha value is -2.83. The fraction of sp³-hybridized carbons (Fsp3) is 0.263. The third kappa shape index (κ3) is 3.61. The summed E-state index contributed by atoms with van der Waals surface area (Å²) in [5.41, 5.74) is 0.435. The third-order valence-corrected chi connectivity index (χ3v) is 6.31. The van der Waals surface area contributed by atoms with Crippen LogP contribution in [-0.2, 0) is 4.79 Å². The van der Waals surface area contributed by atoms with Gasteiger partial charge in [0.25, 0.3) is 5.56 Å². The number of fused-ring (bicyclic) bond motifs is 1. The van der Waals surface area contributed by atoms with Crippen LogP contribution in [0.15, 0.2) is 45.7 Å². The number of carbonyl (C=O) groups is 1. The molecule has 1 aromatic carbocycles. The number of aromatic nitrogens is 2. The van der Waals surface area contributed by atoms with Gasteiger partial charge in [-0.15, -0.1) is 11.3 Å². The van der Waals surface area contributed by atoms with Gasteiger partial charge in [0, 0.05) is 18.0 Å². The Kier molecular flexibility index (Phi) is 5.45. The molecule has 0 unspecified atom stereocenters. The predicted molar refractivity (Wildman–Crippen MR) is 113 cm³/mol. The SMILES string of the molecule is CN(C(=O)CSc1nc2scc(-c3ccccc3)c2c(=O)n1N)C(C)(C)C#N. The van der Waals surface area contributed by atoms with E-state index in [1.54, 1.807) is 20.9 Å². The van der Waals surface area contributed by atoms with Crippen LogP contribution in [0, 0.1) is 11.3 Å². The van der Waals surface area contributed by atoms with Crippen molar-refractivity contribution < 1.29 is 4.79 Å². The van der Waals surface area contributed by atoms with Gasteiger partial charge in [0.1, 0.15) is 10.4 Å². The molecule has 0 fully saturated rings. The van der Waals surface area contributed by atoms with Crippen molar-refractivity contribution in [2.45, 2.75) is 24.5 Å². The van der Waals surface area contributed by atoms with Crippen LogP contribution in [0.4, 0.5) is 0 Å². The van der Waals surface area contributed by atoms with E-state index < -0.39 is 5.54 Å². The molecule has 0 saturated carbocycles. The number of nitriles is 1. The summed E-state index contributed by atoms with van der Waals surface area (Å²) < 4.78 is 0.981. The average molecular weight is 414 g/mol. The number of benzene rings is 1. The molecule has 0 bridgehead atoms. The lowest BCUT2D eigenvalue weighted by atomic mass is 10.1. The molecule has 9 heteroatoms. The van der Waals surface area contributed by atoms with Gasteiger partial charge >= 0.3 is 0 Å². The number of nitrogens with zero attached hydrogens (tertiary/aromatic N) is 4. The highest BCUT2D eigenvalue weighted by Crippen LogP contribution is 2.31. The molecule has 0 aliphatic heterocycles. The van der Waals surface area contributed by atoms with Gasteiger partial charge in [0.15, 0.2) is 5.16 Å². The summed E-state index contributed by atoms with van der Waals surface area (Å²) in [5, 5.41) is 11.8. The number of rotatable bonds is 5. The molecule has 0 aliphatic rings. The van der Waals surface area contributed by atoms with Crippen LogP contribution >= 0.6 is 23.1 Å². The fourth-order valence-corrected chi connectivity index (χ4v) is 4.35. The molecule has 0 spiro atoms. The van der Waals surface area contributed by atoms with Crippen molar-refractivity contribution >= 4 is 39.2 Å². The van der Waals surface area contributed by atoms with E-state index in [1.165, 1.54) is 16.2 Å². The second-order valence-corrected chi connectivity index (χ2v) is 8.48. The summed E-state index contributed by atoms with van der Waals surface area (Å²) in [6, 6.07) is 11.7. The van der Waals surface area contributed by atoms with Gasteiger partial charge in [0.2, 0.25) is 5.91 Å². The van der Waals surface area contributed by atoms with Gasteiger partial charge in [-0.1, -0.05) is 42.1 Å². The Morgan fingerprint density at radius 1 is 1.39 bits per heavy atom. The molecule has 0 aliphatic carbocycles. The first-order valence-electron chi connectivity index (χ1n) is 8.41. The Bertz CT molecular complexity index is 1130. The molecule has 7 nitrogen and oxygen atoms in total. The van der Waals surface area contributed by atoms with Crippen molar-refractivity contribution in [3.05, 3.63) is 46.1 Å². The van der Waals surface area contributed by atoms with Crippen molar-refractivity contribution in [2.24, 2.45) is 0 Å². The number of thioether (sulfide) groups is 1. The van der Waals surface area contributed by atoms with Crippen LogP contribution in [0.1, 0.15) is 13.8 Å². The Labute approximate surface area is 170 Å². The molecule has 144 valence electrons. The normalized spacial score (nSPS) is 11.4. The Morgan fingerprint density at radius 3 is 2.71 bits per heavy atom. The number of thiophene rings is 1. The van der Waals surface area contributed by atoms with E-state index >= 15 is 0 Å². The first-order valence-corrected chi connectivity index (χ1v) is 10.3. The predicted octanol–water partition coefficient (Wildman–Crippen LogP) is 2.69. The molecule has 0 radical (unpaired) electrons. The summed E-state index contributed by atoms with van der Waals surface area (Å²) in [5.74, 6) is 5.75. The molecule has 0 atom stereocenters. The molecule has 2 heterocycles. The number of hydrogen-bond donors (Lipinski definition) is 1. The van der Waals surface area contributed by atoms with E-state index in [-0.39, 0.29) is 22.4 Å². The maximum absolute atomic E-state index is 12.8. The van der Waals surface area contributed by atoms with Crippen molar-refractivity contribution in [1.29, 1.82) is 5.26 Å². The van der Waals surface area contributed by atoms with Gasteiger partial charge < -0.3 is 10.7 Å². The summed E-state index contributed by atoms with van der Waals surface area (Å²) in [6.45, 7) is 3.32. The van der Waals surface area contributed by atoms with Crippen molar-refractivity contribution in [3.63, 3.8) is 0 Å². The smallest absolute Gasteiger partial charge is 0.282 e. The molecule has 0 saturated heterocycles. The van der Waals surface area contributed by atoms with Crippen molar-refractivity contribution in [3.8, 4) is 17.2 Å². The van der Waals surface area contributed by atoms with Crippen LogP contribution in [0.3, 0.4) is 0 Å². The van der Waals surface area contributed by atoms with E-state index in [1.807, 2.05) is 35.7 Å². The lowest BCUT2D eigenvalue weighted by Crippen LogP contribution is -2.44. The highest BCUT2D eigenvalue weighted by molar-refractivity contribution is 7.99. The van der Waals surface area contributed by atoms with E-state index in [2.05, 4.69) is 11.1 Å². The van der Waals surface area contributed by atoms with Crippen LogP contribution < -0.4 is 11.4 Å². The van der Waals surface area contributed by atoms with Gasteiger partial charge in [-0.05, 0) is 19.4 Å². The zero-order valence-corrected chi connectivity index (χ0v) is 17.3. The van der Waals surface area contributed by atoms with Gasteiger partial charge in [-0.3, -0.25) is 9.59 Å². The monoisotopic (exact) mass is 413 g/mol. The zero-order chi connectivity index (χ0) is 20.5. The van der Waals surface area contributed by atoms with E-state index in [9.17, 15) is 9.59 Å². The molecule has 2 aromatic heterocycles. The molecule has 3 rings (SSSR count). The largest absolute Gasteiger partial charge is 0.334 e.